The molecule has 0 aliphatic rings. The molecule has 1 rings (SSSR count). The Kier molecular flexibility index (Phi) is 7.23. The maximum Gasteiger partial charge on any atom is 0.255 e. The van der Waals surface area contributed by atoms with Crippen molar-refractivity contribution in [3.63, 3.8) is 0 Å². The Labute approximate surface area is 142 Å². The molecular weight excluding hydrogens is 304 g/mol. The largest absolute Gasteiger partial charge is 0.490 e. The van der Waals surface area contributed by atoms with E-state index in [1.165, 1.54) is 25.3 Å². The van der Waals surface area contributed by atoms with Crippen molar-refractivity contribution in [3.8, 4) is 5.75 Å². The van der Waals surface area contributed by atoms with Gasteiger partial charge >= 0.3 is 0 Å². The van der Waals surface area contributed by atoms with Crippen LogP contribution in [-0.4, -0.2) is 18.3 Å². The zero-order valence-electron chi connectivity index (χ0n) is 14.0. The van der Waals surface area contributed by atoms with Gasteiger partial charge in [-0.3, -0.25) is 9.59 Å². The molecule has 0 heterocycles. The molecule has 0 aromatic heterocycles. The normalized spacial score (nSPS) is 11.2. The first-order valence-corrected chi connectivity index (χ1v) is 7.34. The molecule has 5 heteroatoms. The highest BCUT2D eigenvalue weighted by Gasteiger charge is 2.09. The van der Waals surface area contributed by atoms with Crippen molar-refractivity contribution in [1.29, 1.82) is 0 Å². The molecule has 5 nitrogen and oxygen atoms in total. The van der Waals surface area contributed by atoms with Gasteiger partial charge in [-0.05, 0) is 49.8 Å². The van der Waals surface area contributed by atoms with Gasteiger partial charge in [0.2, 0.25) is 0 Å². The minimum atomic E-state index is -0.321. The molecule has 1 aromatic rings. The number of ketones is 1. The number of allylic oxidation sites excluding steroid dienone is 3. The molecule has 0 saturated carbocycles. The van der Waals surface area contributed by atoms with Crippen LogP contribution in [0.15, 0.2) is 67.1 Å². The third-order valence-corrected chi connectivity index (χ3v) is 3.01. The number of carbonyl (C=O) groups excluding carboxylic acids is 2. The molecule has 3 N–H and O–H groups in total. The molecule has 1 amide bonds. The summed E-state index contributed by atoms with van der Waals surface area (Å²) in [6.45, 7) is 11.0. The lowest BCUT2D eigenvalue weighted by Crippen LogP contribution is -2.21. The van der Waals surface area contributed by atoms with Crippen LogP contribution in [-0.2, 0) is 4.79 Å². The Bertz CT molecular complexity index is 715. The lowest BCUT2D eigenvalue weighted by Gasteiger charge is -2.09. The number of carbonyl (C=O) groups is 2. The molecule has 0 fully saturated rings. The van der Waals surface area contributed by atoms with Gasteiger partial charge in [0.1, 0.15) is 12.4 Å². The first kappa shape index (κ1) is 19.0. The smallest absolute Gasteiger partial charge is 0.255 e. The van der Waals surface area contributed by atoms with E-state index in [4.69, 9.17) is 10.5 Å². The Balaban J connectivity index is 2.82. The van der Waals surface area contributed by atoms with Crippen LogP contribution in [0.2, 0.25) is 0 Å². The van der Waals surface area contributed by atoms with Gasteiger partial charge in [0.05, 0.1) is 0 Å². The van der Waals surface area contributed by atoms with Crippen molar-refractivity contribution in [3.05, 3.63) is 78.2 Å². The van der Waals surface area contributed by atoms with Crippen LogP contribution < -0.4 is 15.8 Å². The van der Waals surface area contributed by atoms with Gasteiger partial charge in [0.25, 0.3) is 5.91 Å². The van der Waals surface area contributed by atoms with Gasteiger partial charge in [0.15, 0.2) is 5.78 Å². The van der Waals surface area contributed by atoms with E-state index in [9.17, 15) is 9.59 Å². The third-order valence-electron chi connectivity index (χ3n) is 3.01. The molecule has 0 bridgehead atoms. The summed E-state index contributed by atoms with van der Waals surface area (Å²) in [7, 11) is 0. The Morgan fingerprint density at radius 1 is 1.29 bits per heavy atom. The fourth-order valence-corrected chi connectivity index (χ4v) is 1.86. The molecule has 0 unspecified atom stereocenters. The minimum absolute atomic E-state index is 0.171. The van der Waals surface area contributed by atoms with Crippen molar-refractivity contribution < 1.29 is 14.3 Å². The summed E-state index contributed by atoms with van der Waals surface area (Å²) in [6.07, 6.45) is 5.85. The summed E-state index contributed by atoms with van der Waals surface area (Å²) in [6, 6.07) is 5.22. The maximum atomic E-state index is 12.3. The topological polar surface area (TPSA) is 81.4 Å². The van der Waals surface area contributed by atoms with Gasteiger partial charge < -0.3 is 15.8 Å². The van der Waals surface area contributed by atoms with E-state index in [0.29, 0.717) is 29.2 Å². The van der Waals surface area contributed by atoms with E-state index < -0.39 is 0 Å². The molecule has 0 spiro atoms. The Morgan fingerprint density at radius 3 is 2.58 bits per heavy atom. The summed E-state index contributed by atoms with van der Waals surface area (Å²) in [5.74, 6) is 0.0969. The van der Waals surface area contributed by atoms with Crippen LogP contribution >= 0.6 is 0 Å². The Hall–Kier alpha value is -3.08. The molecule has 24 heavy (non-hydrogen) atoms. The molecule has 0 radical (unpaired) electrons. The molecule has 126 valence electrons. The van der Waals surface area contributed by atoms with E-state index in [0.717, 1.165) is 5.56 Å². The van der Waals surface area contributed by atoms with Gasteiger partial charge in [-0.1, -0.05) is 19.2 Å². The maximum absolute atomic E-state index is 12.3. The summed E-state index contributed by atoms with van der Waals surface area (Å²) >= 11 is 0. The van der Waals surface area contributed by atoms with E-state index in [1.807, 2.05) is 13.0 Å². The summed E-state index contributed by atoms with van der Waals surface area (Å²) < 4.78 is 5.46. The van der Waals surface area contributed by atoms with Crippen molar-refractivity contribution in [2.75, 3.05) is 6.61 Å². The summed E-state index contributed by atoms with van der Waals surface area (Å²) in [4.78, 5) is 23.5. The minimum Gasteiger partial charge on any atom is -0.490 e. The summed E-state index contributed by atoms with van der Waals surface area (Å²) in [5.41, 5.74) is 7.38. The van der Waals surface area contributed by atoms with Gasteiger partial charge in [0, 0.05) is 23.0 Å². The first-order chi connectivity index (χ1) is 11.4. The van der Waals surface area contributed by atoms with E-state index in [-0.39, 0.29) is 11.7 Å². The number of hydrogen-bond donors (Lipinski definition) is 2. The van der Waals surface area contributed by atoms with Crippen LogP contribution in [0.3, 0.4) is 0 Å². The zero-order chi connectivity index (χ0) is 18.1. The van der Waals surface area contributed by atoms with E-state index in [2.05, 4.69) is 18.5 Å². The number of benzene rings is 1. The summed E-state index contributed by atoms with van der Waals surface area (Å²) in [5, 5.41) is 2.65. The molecule has 0 aliphatic heterocycles. The highest BCUT2D eigenvalue weighted by Crippen LogP contribution is 2.17. The van der Waals surface area contributed by atoms with Crippen LogP contribution in [0.25, 0.3) is 0 Å². The standard InChI is InChI=1S/C19H22N2O3/c1-5-8-24-18-10-13(2)9-17(11-18)19(23)21-14(3)6-7-16(12-20)15(4)22/h5-7,9-12H,1,3,8,20H2,2,4H3,(H,21,23)/b7-6-,16-12+. The number of nitrogens with two attached hydrogens (primary N) is 1. The van der Waals surface area contributed by atoms with Gasteiger partial charge in [-0.2, -0.15) is 0 Å². The number of amides is 1. The zero-order valence-corrected chi connectivity index (χ0v) is 14.0. The highest BCUT2D eigenvalue weighted by atomic mass is 16.5. The van der Waals surface area contributed by atoms with Crippen molar-refractivity contribution >= 4 is 11.7 Å². The van der Waals surface area contributed by atoms with Crippen LogP contribution in [0, 0.1) is 6.92 Å². The SMILES string of the molecule is C=CCOc1cc(C)cc(C(=O)NC(=C)/C=C\C(=C/N)C(C)=O)c1. The van der Waals surface area contributed by atoms with Crippen molar-refractivity contribution in [2.45, 2.75) is 13.8 Å². The van der Waals surface area contributed by atoms with Crippen LogP contribution in [0.4, 0.5) is 0 Å². The second kappa shape index (κ2) is 9.15. The number of nitrogens with one attached hydrogen (secondary N) is 1. The molecule has 0 atom stereocenters. The molecule has 0 saturated heterocycles. The van der Waals surface area contributed by atoms with E-state index in [1.54, 1.807) is 18.2 Å². The molecular formula is C19H22N2O3. The fourth-order valence-electron chi connectivity index (χ4n) is 1.86. The molecule has 0 aliphatic carbocycles. The van der Waals surface area contributed by atoms with Crippen molar-refractivity contribution in [1.82, 2.24) is 5.32 Å². The predicted molar refractivity (Wildman–Crippen MR) is 95.6 cm³/mol. The van der Waals surface area contributed by atoms with E-state index >= 15 is 0 Å². The van der Waals surface area contributed by atoms with Gasteiger partial charge in [-0.25, -0.2) is 0 Å². The molecule has 1 aromatic carbocycles. The third kappa shape index (κ3) is 5.96. The number of hydrogen-bond acceptors (Lipinski definition) is 4. The monoisotopic (exact) mass is 326 g/mol. The predicted octanol–water partition coefficient (Wildman–Crippen LogP) is 2.79. The average Bonchev–Trinajstić information content (AvgIpc) is 2.52. The highest BCUT2D eigenvalue weighted by molar-refractivity contribution is 5.97. The fraction of sp³-hybridized carbons (Fsp3) is 0.158. The second-order valence-electron chi connectivity index (χ2n) is 5.13. The number of rotatable bonds is 8. The van der Waals surface area contributed by atoms with Gasteiger partial charge in [-0.15, -0.1) is 0 Å². The second-order valence-corrected chi connectivity index (χ2v) is 5.13. The number of Topliss-reactive ketones (excluding diaryl/α,β-unsaturated/α-hetero) is 1. The van der Waals surface area contributed by atoms with Crippen LogP contribution in [0.1, 0.15) is 22.8 Å². The van der Waals surface area contributed by atoms with Crippen LogP contribution in [0.5, 0.6) is 5.75 Å². The Morgan fingerprint density at radius 2 is 2.00 bits per heavy atom. The quantitative estimate of drug-likeness (QED) is 0.437. The number of aryl methyl sites for hydroxylation is 1. The average molecular weight is 326 g/mol. The lowest BCUT2D eigenvalue weighted by atomic mass is 10.1. The number of ether oxygens (including phenoxy) is 1. The lowest BCUT2D eigenvalue weighted by molar-refractivity contribution is -0.113. The van der Waals surface area contributed by atoms with Crippen molar-refractivity contribution in [2.24, 2.45) is 5.73 Å². The first-order valence-electron chi connectivity index (χ1n) is 7.34.